The zero-order valence-electron chi connectivity index (χ0n) is 10.9. The molecule has 112 valence electrons. The molecule has 0 aromatic carbocycles. The minimum Gasteiger partial charge on any atom is -0.478 e. The lowest BCUT2D eigenvalue weighted by Gasteiger charge is -2.12. The van der Waals surface area contributed by atoms with Crippen molar-refractivity contribution in [3.63, 3.8) is 0 Å². The summed E-state index contributed by atoms with van der Waals surface area (Å²) in [5.41, 5.74) is 0.444. The molecular weight excluding hydrogens is 305 g/mol. The van der Waals surface area contributed by atoms with Crippen molar-refractivity contribution in [3.8, 4) is 0 Å². The van der Waals surface area contributed by atoms with Crippen LogP contribution in [0.15, 0.2) is 22.9 Å². The molecule has 2 aromatic rings. The Balaban J connectivity index is 2.31. The molecule has 4 nitrogen and oxygen atoms in total. The molecule has 0 fully saturated rings. The fourth-order valence-corrected chi connectivity index (χ4v) is 2.53. The summed E-state index contributed by atoms with van der Waals surface area (Å²) in [4.78, 5) is 14.4. The number of nitrogens with one attached hydrogen (secondary N) is 1. The van der Waals surface area contributed by atoms with E-state index in [1.165, 1.54) is 11.3 Å². The van der Waals surface area contributed by atoms with Gasteiger partial charge in [-0.25, -0.2) is 9.78 Å². The molecule has 2 N–H and O–H groups in total. The third kappa shape index (κ3) is 3.52. The molecular formula is C13H11F3N2O2S. The summed E-state index contributed by atoms with van der Waals surface area (Å²) in [6.45, 7) is 2.08. The van der Waals surface area contributed by atoms with Gasteiger partial charge in [-0.2, -0.15) is 24.5 Å². The number of halogens is 3. The van der Waals surface area contributed by atoms with Crippen molar-refractivity contribution in [1.82, 2.24) is 4.98 Å². The molecule has 0 aliphatic rings. The molecule has 8 heteroatoms. The van der Waals surface area contributed by atoms with Crippen LogP contribution in [0.25, 0.3) is 0 Å². The van der Waals surface area contributed by atoms with Gasteiger partial charge in [0.1, 0.15) is 17.1 Å². The van der Waals surface area contributed by atoms with Gasteiger partial charge in [0.25, 0.3) is 0 Å². The van der Waals surface area contributed by atoms with E-state index in [1.54, 1.807) is 0 Å². The van der Waals surface area contributed by atoms with E-state index in [4.69, 9.17) is 5.11 Å². The number of aromatic carboxylic acids is 1. The summed E-state index contributed by atoms with van der Waals surface area (Å²) in [7, 11) is 0. The molecule has 2 rings (SSSR count). The van der Waals surface area contributed by atoms with Gasteiger partial charge in [0, 0.05) is 6.54 Å². The maximum Gasteiger partial charge on any atom is 0.433 e. The topological polar surface area (TPSA) is 62.2 Å². The quantitative estimate of drug-likeness (QED) is 0.901. The van der Waals surface area contributed by atoms with E-state index in [0.29, 0.717) is 6.07 Å². The van der Waals surface area contributed by atoms with Crippen molar-refractivity contribution in [2.45, 2.75) is 19.6 Å². The molecule has 0 aliphatic heterocycles. The number of alkyl halides is 3. The van der Waals surface area contributed by atoms with E-state index >= 15 is 0 Å². The number of nitrogens with zero attached hydrogens (tertiary/aromatic N) is 1. The average molecular weight is 316 g/mol. The SMILES string of the molecule is Cc1cscc1CNc1nc(C(F)(F)F)ccc1C(=O)O. The summed E-state index contributed by atoms with van der Waals surface area (Å²) in [6.07, 6.45) is -4.62. The van der Waals surface area contributed by atoms with Gasteiger partial charge in [0.05, 0.1) is 0 Å². The number of carboxylic acids is 1. The third-order valence-corrected chi connectivity index (χ3v) is 3.73. The van der Waals surface area contributed by atoms with Gasteiger partial charge in [0.2, 0.25) is 0 Å². The number of carbonyl (C=O) groups is 1. The summed E-state index contributed by atoms with van der Waals surface area (Å²) >= 11 is 1.46. The van der Waals surface area contributed by atoms with Crippen LogP contribution in [0.4, 0.5) is 19.0 Å². The number of hydrogen-bond acceptors (Lipinski definition) is 4. The Bertz CT molecular complexity index is 668. The third-order valence-electron chi connectivity index (χ3n) is 2.82. The van der Waals surface area contributed by atoms with Crippen molar-refractivity contribution in [2.75, 3.05) is 5.32 Å². The Hall–Kier alpha value is -2.09. The second-order valence-electron chi connectivity index (χ2n) is 4.33. The number of thiophene rings is 1. The molecule has 0 spiro atoms. The highest BCUT2D eigenvalue weighted by molar-refractivity contribution is 7.08. The lowest BCUT2D eigenvalue weighted by Crippen LogP contribution is -2.14. The van der Waals surface area contributed by atoms with Crippen LogP contribution in [0.3, 0.4) is 0 Å². The van der Waals surface area contributed by atoms with Crippen LogP contribution in [0.1, 0.15) is 27.2 Å². The number of hydrogen-bond donors (Lipinski definition) is 2. The summed E-state index contributed by atoms with van der Waals surface area (Å²) in [6, 6.07) is 1.56. The highest BCUT2D eigenvalue weighted by atomic mass is 32.1. The second kappa shape index (κ2) is 5.72. The van der Waals surface area contributed by atoms with E-state index in [9.17, 15) is 18.0 Å². The van der Waals surface area contributed by atoms with Crippen molar-refractivity contribution < 1.29 is 23.1 Å². The first-order valence-corrected chi connectivity index (χ1v) is 6.80. The monoisotopic (exact) mass is 316 g/mol. The van der Waals surface area contributed by atoms with Crippen LogP contribution in [-0.4, -0.2) is 16.1 Å². The fraction of sp³-hybridized carbons (Fsp3) is 0.231. The fourth-order valence-electron chi connectivity index (χ4n) is 1.67. The number of pyridine rings is 1. The molecule has 0 saturated heterocycles. The van der Waals surface area contributed by atoms with Gasteiger partial charge >= 0.3 is 12.1 Å². The smallest absolute Gasteiger partial charge is 0.433 e. The van der Waals surface area contributed by atoms with Crippen molar-refractivity contribution in [3.05, 3.63) is 45.3 Å². The van der Waals surface area contributed by atoms with E-state index in [1.807, 2.05) is 17.7 Å². The van der Waals surface area contributed by atoms with E-state index < -0.39 is 17.8 Å². The van der Waals surface area contributed by atoms with Crippen LogP contribution in [0.5, 0.6) is 0 Å². The maximum atomic E-state index is 12.6. The molecule has 0 unspecified atom stereocenters. The predicted octanol–water partition coefficient (Wildman–Crippen LogP) is 3.78. The van der Waals surface area contributed by atoms with Crippen LogP contribution < -0.4 is 5.32 Å². The second-order valence-corrected chi connectivity index (χ2v) is 5.07. The minimum atomic E-state index is -4.62. The Morgan fingerprint density at radius 3 is 2.62 bits per heavy atom. The number of aromatic nitrogens is 1. The molecule has 2 aromatic heterocycles. The number of carboxylic acid groups (broad SMARTS) is 1. The highest BCUT2D eigenvalue weighted by Gasteiger charge is 2.33. The van der Waals surface area contributed by atoms with E-state index in [2.05, 4.69) is 10.3 Å². The molecule has 21 heavy (non-hydrogen) atoms. The van der Waals surface area contributed by atoms with Gasteiger partial charge in [-0.15, -0.1) is 0 Å². The first-order chi connectivity index (χ1) is 9.79. The Morgan fingerprint density at radius 2 is 2.10 bits per heavy atom. The Kier molecular flexibility index (Phi) is 4.17. The normalized spacial score (nSPS) is 11.4. The Labute approximate surface area is 122 Å². The number of anilines is 1. The molecule has 0 aliphatic carbocycles. The molecule has 0 amide bonds. The van der Waals surface area contributed by atoms with Crippen molar-refractivity contribution in [1.29, 1.82) is 0 Å². The van der Waals surface area contributed by atoms with Gasteiger partial charge in [-0.05, 0) is 40.9 Å². The van der Waals surface area contributed by atoms with Crippen LogP contribution in [0, 0.1) is 6.92 Å². The summed E-state index contributed by atoms with van der Waals surface area (Å²) < 4.78 is 37.9. The van der Waals surface area contributed by atoms with Gasteiger partial charge in [0.15, 0.2) is 0 Å². The van der Waals surface area contributed by atoms with Gasteiger partial charge in [-0.3, -0.25) is 0 Å². The van der Waals surface area contributed by atoms with Crippen LogP contribution in [-0.2, 0) is 12.7 Å². The number of rotatable bonds is 4. The molecule has 0 saturated carbocycles. The highest BCUT2D eigenvalue weighted by Crippen LogP contribution is 2.29. The van der Waals surface area contributed by atoms with E-state index in [0.717, 1.165) is 17.2 Å². The lowest BCUT2D eigenvalue weighted by atomic mass is 10.2. The first-order valence-electron chi connectivity index (χ1n) is 5.86. The molecule has 0 bridgehead atoms. The molecule has 0 radical (unpaired) electrons. The largest absolute Gasteiger partial charge is 0.478 e. The predicted molar refractivity (Wildman–Crippen MR) is 72.6 cm³/mol. The standard InChI is InChI=1S/C13H11F3N2O2S/c1-7-5-21-6-8(7)4-17-11-9(12(19)20)2-3-10(18-11)13(14,15)16/h2-3,5-6H,4H2,1H3,(H,17,18)(H,19,20). The van der Waals surface area contributed by atoms with E-state index in [-0.39, 0.29) is 17.9 Å². The average Bonchev–Trinajstić information content (AvgIpc) is 2.80. The zero-order valence-corrected chi connectivity index (χ0v) is 11.7. The van der Waals surface area contributed by atoms with Crippen molar-refractivity contribution in [2.24, 2.45) is 0 Å². The molecule has 2 heterocycles. The maximum absolute atomic E-state index is 12.6. The number of aryl methyl sites for hydroxylation is 1. The first kappa shape index (κ1) is 15.3. The van der Waals surface area contributed by atoms with Gasteiger partial charge in [-0.1, -0.05) is 0 Å². The zero-order chi connectivity index (χ0) is 15.6. The van der Waals surface area contributed by atoms with Crippen LogP contribution in [0.2, 0.25) is 0 Å². The van der Waals surface area contributed by atoms with Gasteiger partial charge < -0.3 is 10.4 Å². The minimum absolute atomic E-state index is 0.212. The van der Waals surface area contributed by atoms with Crippen LogP contribution >= 0.6 is 11.3 Å². The molecule has 0 atom stereocenters. The summed E-state index contributed by atoms with van der Waals surface area (Å²) in [5, 5.41) is 15.4. The summed E-state index contributed by atoms with van der Waals surface area (Å²) in [5.74, 6) is -1.62. The lowest BCUT2D eigenvalue weighted by molar-refractivity contribution is -0.141. The van der Waals surface area contributed by atoms with Crippen molar-refractivity contribution >= 4 is 23.1 Å². The Morgan fingerprint density at radius 1 is 1.38 bits per heavy atom.